The number of hydrogen-bond donors (Lipinski definition) is 1. The summed E-state index contributed by atoms with van der Waals surface area (Å²) in [6, 6.07) is 19.2. The molecule has 0 spiro atoms. The van der Waals surface area contributed by atoms with Gasteiger partial charge in [0.05, 0.1) is 10.6 Å². The number of halogens is 1. The van der Waals surface area contributed by atoms with Gasteiger partial charge in [-0.25, -0.2) is 8.42 Å². The maximum Gasteiger partial charge on any atom is 0.289 e. The van der Waals surface area contributed by atoms with E-state index in [-0.39, 0.29) is 5.69 Å². The van der Waals surface area contributed by atoms with Crippen LogP contribution in [-0.4, -0.2) is 25.8 Å². The van der Waals surface area contributed by atoms with Crippen molar-refractivity contribution >= 4 is 44.6 Å². The van der Waals surface area contributed by atoms with E-state index in [0.717, 1.165) is 16.4 Å². The van der Waals surface area contributed by atoms with E-state index in [1.807, 2.05) is 0 Å². The molecule has 0 bridgehead atoms. The summed E-state index contributed by atoms with van der Waals surface area (Å²) in [6.45, 7) is -0.582. The summed E-state index contributed by atoms with van der Waals surface area (Å²) in [5.41, 5.74) is 0.0546. The topological polar surface area (TPSA) is 110 Å². The molecule has 0 radical (unpaired) electrons. The molecule has 0 saturated carbocycles. The van der Waals surface area contributed by atoms with Crippen molar-refractivity contribution in [1.29, 1.82) is 0 Å². The van der Waals surface area contributed by atoms with Gasteiger partial charge in [0.15, 0.2) is 4.90 Å². The van der Waals surface area contributed by atoms with Crippen molar-refractivity contribution in [3.8, 4) is 0 Å². The lowest BCUT2D eigenvalue weighted by molar-refractivity contribution is -0.387. The first kappa shape index (κ1) is 21.3. The Morgan fingerprint density at radius 2 is 1.57 bits per heavy atom. The van der Waals surface area contributed by atoms with Gasteiger partial charge in [-0.15, -0.1) is 0 Å². The predicted molar refractivity (Wildman–Crippen MR) is 114 cm³/mol. The minimum absolute atomic E-state index is 0.196. The molecule has 1 N–H and O–H groups in total. The summed E-state index contributed by atoms with van der Waals surface area (Å²) in [6.07, 6.45) is 0. The maximum absolute atomic E-state index is 13.3. The molecule has 10 heteroatoms. The van der Waals surface area contributed by atoms with Crippen LogP contribution in [0.5, 0.6) is 0 Å². The number of anilines is 2. The van der Waals surface area contributed by atoms with Gasteiger partial charge in [0.1, 0.15) is 6.54 Å². The number of hydrogen-bond acceptors (Lipinski definition) is 5. The van der Waals surface area contributed by atoms with Gasteiger partial charge in [-0.2, -0.15) is 0 Å². The Morgan fingerprint density at radius 1 is 0.967 bits per heavy atom. The zero-order chi connectivity index (χ0) is 21.7. The molecular formula is C20H16ClN3O5S. The van der Waals surface area contributed by atoms with Crippen molar-refractivity contribution in [3.63, 3.8) is 0 Å². The molecule has 30 heavy (non-hydrogen) atoms. The molecule has 0 atom stereocenters. The van der Waals surface area contributed by atoms with Crippen LogP contribution in [0.15, 0.2) is 83.8 Å². The number of benzene rings is 3. The van der Waals surface area contributed by atoms with E-state index in [4.69, 9.17) is 11.6 Å². The summed E-state index contributed by atoms with van der Waals surface area (Å²) in [5, 5.41) is 14.4. The molecule has 0 fully saturated rings. The molecule has 3 rings (SSSR count). The van der Waals surface area contributed by atoms with Crippen LogP contribution >= 0.6 is 11.6 Å². The molecule has 8 nitrogen and oxygen atoms in total. The average Bonchev–Trinajstić information content (AvgIpc) is 2.74. The Kier molecular flexibility index (Phi) is 6.34. The van der Waals surface area contributed by atoms with Gasteiger partial charge in [0.2, 0.25) is 5.91 Å². The van der Waals surface area contributed by atoms with Gasteiger partial charge in [-0.05, 0) is 42.5 Å². The van der Waals surface area contributed by atoms with Crippen molar-refractivity contribution < 1.29 is 18.1 Å². The van der Waals surface area contributed by atoms with Gasteiger partial charge in [0, 0.05) is 16.8 Å². The highest BCUT2D eigenvalue weighted by Crippen LogP contribution is 2.29. The standard InChI is InChI=1S/C20H16ClN3O5S/c21-15-10-12-16(13-11-15)22-20(25)14-23(17-6-2-1-3-7-17)30(28,29)19-9-5-4-8-18(19)24(26)27/h1-13H,14H2,(H,22,25). The van der Waals surface area contributed by atoms with Crippen molar-refractivity contribution in [2.75, 3.05) is 16.2 Å². The average molecular weight is 446 g/mol. The number of nitrogens with one attached hydrogen (secondary N) is 1. The molecule has 0 aliphatic carbocycles. The van der Waals surface area contributed by atoms with Gasteiger partial charge in [-0.3, -0.25) is 19.2 Å². The number of nitro groups is 1. The minimum atomic E-state index is -4.41. The third-order valence-electron chi connectivity index (χ3n) is 4.09. The Bertz CT molecular complexity index is 1170. The number of nitro benzene ring substituents is 1. The second-order valence-electron chi connectivity index (χ2n) is 6.13. The van der Waals surface area contributed by atoms with Crippen molar-refractivity contribution in [1.82, 2.24) is 0 Å². The molecule has 154 valence electrons. The SMILES string of the molecule is O=C(CN(c1ccccc1)S(=O)(=O)c1ccccc1[N+](=O)[O-])Nc1ccc(Cl)cc1. The molecule has 0 aliphatic heterocycles. The third kappa shape index (κ3) is 4.76. The first-order chi connectivity index (χ1) is 14.3. The highest BCUT2D eigenvalue weighted by Gasteiger charge is 2.33. The number of nitrogens with zero attached hydrogens (tertiary/aromatic N) is 2. The van der Waals surface area contributed by atoms with E-state index in [0.29, 0.717) is 10.7 Å². The van der Waals surface area contributed by atoms with Crippen LogP contribution in [0.25, 0.3) is 0 Å². The number of para-hydroxylation sites is 2. The summed E-state index contributed by atoms with van der Waals surface area (Å²) in [5.74, 6) is -0.622. The fourth-order valence-corrected chi connectivity index (χ4v) is 4.43. The third-order valence-corrected chi connectivity index (χ3v) is 6.16. The van der Waals surface area contributed by atoms with E-state index in [2.05, 4.69) is 5.32 Å². The largest absolute Gasteiger partial charge is 0.325 e. The predicted octanol–water partition coefficient (Wildman–Crippen LogP) is 4.08. The lowest BCUT2D eigenvalue weighted by Crippen LogP contribution is -2.38. The molecule has 0 heterocycles. The van der Waals surface area contributed by atoms with E-state index in [1.165, 1.54) is 24.3 Å². The molecule has 0 saturated heterocycles. The van der Waals surface area contributed by atoms with E-state index < -0.39 is 38.0 Å². The van der Waals surface area contributed by atoms with Gasteiger partial charge in [-0.1, -0.05) is 41.9 Å². The minimum Gasteiger partial charge on any atom is -0.325 e. The van der Waals surface area contributed by atoms with Crippen LogP contribution in [0.4, 0.5) is 17.1 Å². The second-order valence-corrected chi connectivity index (χ2v) is 8.39. The van der Waals surface area contributed by atoms with Crippen LogP contribution in [0.3, 0.4) is 0 Å². The van der Waals surface area contributed by atoms with Gasteiger partial charge in [0.25, 0.3) is 15.7 Å². The van der Waals surface area contributed by atoms with E-state index in [9.17, 15) is 23.3 Å². The second kappa shape index (κ2) is 8.93. The molecule has 3 aromatic carbocycles. The summed E-state index contributed by atoms with van der Waals surface area (Å²) >= 11 is 5.83. The normalized spacial score (nSPS) is 11.0. The number of carbonyl (C=O) groups is 1. The Balaban J connectivity index is 1.98. The molecule has 1 amide bonds. The molecule has 3 aromatic rings. The fourth-order valence-electron chi connectivity index (χ4n) is 2.72. The van der Waals surface area contributed by atoms with Gasteiger partial charge < -0.3 is 5.32 Å². The first-order valence-electron chi connectivity index (χ1n) is 8.65. The highest BCUT2D eigenvalue weighted by molar-refractivity contribution is 7.93. The number of carbonyl (C=O) groups excluding carboxylic acids is 1. The Hall–Kier alpha value is -3.43. The number of amides is 1. The first-order valence-corrected chi connectivity index (χ1v) is 10.5. The van der Waals surface area contributed by atoms with Crippen LogP contribution in [0, 0.1) is 10.1 Å². The number of rotatable bonds is 7. The van der Waals surface area contributed by atoms with Crippen molar-refractivity contribution in [2.45, 2.75) is 4.90 Å². The van der Waals surface area contributed by atoms with E-state index in [1.54, 1.807) is 42.5 Å². The van der Waals surface area contributed by atoms with E-state index >= 15 is 0 Å². The summed E-state index contributed by atoms with van der Waals surface area (Å²) in [4.78, 5) is 22.7. The van der Waals surface area contributed by atoms with Crippen LogP contribution < -0.4 is 9.62 Å². The highest BCUT2D eigenvalue weighted by atomic mass is 35.5. The van der Waals surface area contributed by atoms with Crippen molar-refractivity contribution in [3.05, 3.63) is 94.0 Å². The smallest absolute Gasteiger partial charge is 0.289 e. The summed E-state index contributed by atoms with van der Waals surface area (Å²) in [7, 11) is -4.41. The van der Waals surface area contributed by atoms with Crippen molar-refractivity contribution in [2.24, 2.45) is 0 Å². The maximum atomic E-state index is 13.3. The Labute approximate surface area is 177 Å². The fraction of sp³-hybridized carbons (Fsp3) is 0.0500. The molecule has 0 unspecified atom stereocenters. The van der Waals surface area contributed by atoms with Crippen LogP contribution in [-0.2, 0) is 14.8 Å². The monoisotopic (exact) mass is 445 g/mol. The van der Waals surface area contributed by atoms with Crippen LogP contribution in [0.1, 0.15) is 0 Å². The lowest BCUT2D eigenvalue weighted by atomic mass is 10.3. The summed E-state index contributed by atoms with van der Waals surface area (Å²) < 4.78 is 27.5. The Morgan fingerprint density at radius 3 is 2.20 bits per heavy atom. The molecule has 0 aromatic heterocycles. The quantitative estimate of drug-likeness (QED) is 0.435. The lowest BCUT2D eigenvalue weighted by Gasteiger charge is -2.24. The van der Waals surface area contributed by atoms with Crippen LogP contribution in [0.2, 0.25) is 5.02 Å². The number of sulfonamides is 1. The van der Waals surface area contributed by atoms with Gasteiger partial charge >= 0.3 is 0 Å². The molecule has 0 aliphatic rings. The molecular weight excluding hydrogens is 430 g/mol. The zero-order valence-electron chi connectivity index (χ0n) is 15.4. The zero-order valence-corrected chi connectivity index (χ0v) is 17.0.